The van der Waals surface area contributed by atoms with Gasteiger partial charge in [-0.25, -0.2) is 13.1 Å². The molecule has 0 bridgehead atoms. The van der Waals surface area contributed by atoms with E-state index in [9.17, 15) is 18.5 Å². The summed E-state index contributed by atoms with van der Waals surface area (Å²) in [7, 11) is -2.53. The van der Waals surface area contributed by atoms with Crippen LogP contribution in [0.3, 0.4) is 0 Å². The average molecular weight is 470 g/mol. The molecule has 0 spiro atoms. The molecule has 0 saturated heterocycles. The van der Waals surface area contributed by atoms with Gasteiger partial charge >= 0.3 is 0 Å². The van der Waals surface area contributed by atoms with Crippen molar-refractivity contribution in [2.45, 2.75) is 4.90 Å². The number of fused-ring (bicyclic) bond motifs is 1. The van der Waals surface area contributed by atoms with Gasteiger partial charge < -0.3 is 9.47 Å². The van der Waals surface area contributed by atoms with E-state index in [2.05, 4.69) is 20.0 Å². The van der Waals surface area contributed by atoms with Crippen LogP contribution in [0.2, 0.25) is 0 Å². The van der Waals surface area contributed by atoms with E-state index in [1.807, 2.05) is 12.1 Å². The van der Waals surface area contributed by atoms with Crippen LogP contribution in [0.5, 0.6) is 11.6 Å². The van der Waals surface area contributed by atoms with Crippen LogP contribution in [-0.2, 0) is 10.0 Å². The van der Waals surface area contributed by atoms with Crippen LogP contribution in [0, 0.1) is 10.1 Å². The summed E-state index contributed by atoms with van der Waals surface area (Å²) in [6.45, 7) is -0.187. The molecule has 0 unspecified atom stereocenters. The van der Waals surface area contributed by atoms with Crippen molar-refractivity contribution >= 4 is 21.4 Å². The third-order valence-corrected chi connectivity index (χ3v) is 6.07. The molecule has 0 atom stereocenters. The fourth-order valence-corrected chi connectivity index (χ4v) is 4.22. The summed E-state index contributed by atoms with van der Waals surface area (Å²) in [5, 5.41) is 23.7. The van der Waals surface area contributed by atoms with Crippen molar-refractivity contribution in [2.75, 3.05) is 20.3 Å². The maximum absolute atomic E-state index is 12.4. The molecule has 0 aliphatic heterocycles. The number of nitro groups is 1. The number of hydrogen-bond acceptors (Lipinski definition) is 9. The SMILES string of the molecule is COc1cccc(-c2nnc3ccc(OCCNS(=O)(=O)c4ccccc4[N+](=O)[O-])nn23)c1. The zero-order chi connectivity index (χ0) is 23.4. The highest BCUT2D eigenvalue weighted by molar-refractivity contribution is 7.89. The molecule has 0 amide bonds. The molecular weight excluding hydrogens is 452 g/mol. The highest BCUT2D eigenvalue weighted by atomic mass is 32.2. The minimum absolute atomic E-state index is 0.0605. The quantitative estimate of drug-likeness (QED) is 0.220. The van der Waals surface area contributed by atoms with Crippen LogP contribution in [0.4, 0.5) is 5.69 Å². The first kappa shape index (κ1) is 22.1. The van der Waals surface area contributed by atoms with E-state index in [0.717, 1.165) is 11.6 Å². The van der Waals surface area contributed by atoms with Crippen molar-refractivity contribution < 1.29 is 22.8 Å². The lowest BCUT2D eigenvalue weighted by Gasteiger charge is -2.09. The van der Waals surface area contributed by atoms with Crippen molar-refractivity contribution in [1.29, 1.82) is 0 Å². The Hall–Kier alpha value is -4.10. The van der Waals surface area contributed by atoms with E-state index in [0.29, 0.717) is 17.2 Å². The minimum atomic E-state index is -4.09. The number of methoxy groups -OCH3 is 1. The lowest BCUT2D eigenvalue weighted by molar-refractivity contribution is -0.387. The van der Waals surface area contributed by atoms with Crippen LogP contribution in [0.25, 0.3) is 17.0 Å². The molecule has 0 fully saturated rings. The number of rotatable bonds is 9. The Morgan fingerprint density at radius 3 is 2.70 bits per heavy atom. The van der Waals surface area contributed by atoms with Crippen LogP contribution < -0.4 is 14.2 Å². The van der Waals surface area contributed by atoms with Gasteiger partial charge in [0.15, 0.2) is 16.4 Å². The molecule has 0 saturated carbocycles. The van der Waals surface area contributed by atoms with E-state index in [-0.39, 0.29) is 19.0 Å². The predicted octanol–water partition coefficient (Wildman–Crippen LogP) is 2.07. The van der Waals surface area contributed by atoms with Crippen molar-refractivity contribution in [1.82, 2.24) is 24.5 Å². The topological polar surface area (TPSA) is 151 Å². The second kappa shape index (κ2) is 9.18. The van der Waals surface area contributed by atoms with Crippen molar-refractivity contribution in [3.8, 4) is 23.0 Å². The molecule has 12 nitrogen and oxygen atoms in total. The Morgan fingerprint density at radius 2 is 1.91 bits per heavy atom. The standard InChI is InChI=1S/C20H18N6O6S/c1-31-15-6-4-5-14(13-15)20-23-22-18-9-10-19(24-25(18)20)32-12-11-21-33(29,30)17-8-3-2-7-16(17)26(27)28/h2-10,13,21H,11-12H2,1H3. The van der Waals surface area contributed by atoms with Gasteiger partial charge in [-0.1, -0.05) is 24.3 Å². The summed E-state index contributed by atoms with van der Waals surface area (Å²) in [6, 6.07) is 15.6. The van der Waals surface area contributed by atoms with Gasteiger partial charge in [-0.05, 0) is 24.3 Å². The van der Waals surface area contributed by atoms with Crippen LogP contribution >= 0.6 is 0 Å². The summed E-state index contributed by atoms with van der Waals surface area (Å²) in [5.41, 5.74) is 0.733. The summed E-state index contributed by atoms with van der Waals surface area (Å²) in [4.78, 5) is 9.93. The molecule has 2 aromatic carbocycles. The van der Waals surface area contributed by atoms with Gasteiger partial charge in [0.05, 0.1) is 12.0 Å². The first-order chi connectivity index (χ1) is 15.9. The molecule has 33 heavy (non-hydrogen) atoms. The van der Waals surface area contributed by atoms with E-state index in [4.69, 9.17) is 9.47 Å². The smallest absolute Gasteiger partial charge is 0.289 e. The molecule has 2 heterocycles. The van der Waals surface area contributed by atoms with Crippen LogP contribution in [0.1, 0.15) is 0 Å². The molecule has 1 N–H and O–H groups in total. The van der Waals surface area contributed by atoms with E-state index in [1.54, 1.807) is 31.4 Å². The summed E-state index contributed by atoms with van der Waals surface area (Å²) in [5.74, 6) is 1.35. The van der Waals surface area contributed by atoms with Gasteiger partial charge in [0.1, 0.15) is 12.4 Å². The van der Waals surface area contributed by atoms with Crippen LogP contribution in [0.15, 0.2) is 65.6 Å². The van der Waals surface area contributed by atoms with Gasteiger partial charge in [-0.15, -0.1) is 15.3 Å². The number of nitro benzene ring substituents is 1. The maximum Gasteiger partial charge on any atom is 0.289 e. The Bertz CT molecular complexity index is 1420. The Kier molecular flexibility index (Phi) is 6.15. The monoisotopic (exact) mass is 470 g/mol. The highest BCUT2D eigenvalue weighted by Crippen LogP contribution is 2.24. The van der Waals surface area contributed by atoms with Gasteiger partial charge in [-0.3, -0.25) is 10.1 Å². The zero-order valence-electron chi connectivity index (χ0n) is 17.3. The summed E-state index contributed by atoms with van der Waals surface area (Å²) >= 11 is 0. The van der Waals surface area contributed by atoms with E-state index in [1.165, 1.54) is 22.7 Å². The van der Waals surface area contributed by atoms with Crippen molar-refractivity contribution in [2.24, 2.45) is 0 Å². The van der Waals surface area contributed by atoms with E-state index >= 15 is 0 Å². The van der Waals surface area contributed by atoms with Crippen molar-refractivity contribution in [3.63, 3.8) is 0 Å². The predicted molar refractivity (Wildman–Crippen MR) is 117 cm³/mol. The van der Waals surface area contributed by atoms with Crippen molar-refractivity contribution in [3.05, 3.63) is 70.8 Å². The largest absolute Gasteiger partial charge is 0.497 e. The normalized spacial score (nSPS) is 11.4. The molecule has 0 aliphatic carbocycles. The number of sulfonamides is 1. The molecule has 13 heteroatoms. The van der Waals surface area contributed by atoms with Gasteiger partial charge in [0.2, 0.25) is 15.9 Å². The number of para-hydroxylation sites is 1. The maximum atomic E-state index is 12.4. The minimum Gasteiger partial charge on any atom is -0.497 e. The number of aromatic nitrogens is 4. The third-order valence-electron chi connectivity index (χ3n) is 4.56. The first-order valence-electron chi connectivity index (χ1n) is 9.62. The Balaban J connectivity index is 1.45. The fourth-order valence-electron chi connectivity index (χ4n) is 3.04. The second-order valence-electron chi connectivity index (χ2n) is 6.67. The Morgan fingerprint density at radius 1 is 1.09 bits per heavy atom. The third kappa shape index (κ3) is 4.73. The molecule has 0 aliphatic rings. The Labute approximate surface area is 188 Å². The number of ether oxygens (including phenoxy) is 2. The number of benzene rings is 2. The molecule has 0 radical (unpaired) electrons. The summed E-state index contributed by atoms with van der Waals surface area (Å²) < 4.78 is 39.5. The first-order valence-corrected chi connectivity index (χ1v) is 11.1. The van der Waals surface area contributed by atoms with Gasteiger partial charge in [-0.2, -0.15) is 4.52 Å². The van der Waals surface area contributed by atoms with Gasteiger partial charge in [0.25, 0.3) is 5.69 Å². The summed E-state index contributed by atoms with van der Waals surface area (Å²) in [6.07, 6.45) is 0. The molecule has 4 rings (SSSR count). The van der Waals surface area contributed by atoms with Gasteiger partial charge in [0, 0.05) is 24.2 Å². The molecule has 4 aromatic rings. The highest BCUT2D eigenvalue weighted by Gasteiger charge is 2.24. The number of hydrogen-bond donors (Lipinski definition) is 1. The van der Waals surface area contributed by atoms with E-state index < -0.39 is 25.5 Å². The van der Waals surface area contributed by atoms with Crippen LogP contribution in [-0.4, -0.2) is 53.4 Å². The molecule has 170 valence electrons. The number of nitrogens with zero attached hydrogens (tertiary/aromatic N) is 5. The number of nitrogens with one attached hydrogen (secondary N) is 1. The molecule has 2 aromatic heterocycles. The fraction of sp³-hybridized carbons (Fsp3) is 0.150. The molecular formula is C20H18N6O6S. The zero-order valence-corrected chi connectivity index (χ0v) is 18.1. The average Bonchev–Trinajstić information content (AvgIpc) is 3.25. The second-order valence-corrected chi connectivity index (χ2v) is 8.40. The lowest BCUT2D eigenvalue weighted by Crippen LogP contribution is -2.29. The lowest BCUT2D eigenvalue weighted by atomic mass is 10.2.